The molecule has 0 N–H and O–H groups in total. The van der Waals surface area contributed by atoms with Crippen LogP contribution in [0.25, 0.3) is 11.1 Å². The first-order chi connectivity index (χ1) is 14.9. The predicted molar refractivity (Wildman–Crippen MR) is 117 cm³/mol. The molecule has 2 aliphatic rings. The highest BCUT2D eigenvalue weighted by molar-refractivity contribution is 5.77. The SMILES string of the molecule is CC(=O)N1CCC(CC(=O)N2Cc3cc(-c4ccc(F)cc4)ccc3OC[C@@H]2C)CC1. The van der Waals surface area contributed by atoms with Gasteiger partial charge >= 0.3 is 0 Å². The van der Waals surface area contributed by atoms with E-state index in [1.807, 2.05) is 34.9 Å². The molecule has 0 radical (unpaired) electrons. The summed E-state index contributed by atoms with van der Waals surface area (Å²) in [7, 11) is 0. The molecule has 0 aliphatic carbocycles. The number of piperidine rings is 1. The molecule has 164 valence electrons. The summed E-state index contributed by atoms with van der Waals surface area (Å²) in [5, 5.41) is 0. The minimum absolute atomic E-state index is 0.0218. The molecule has 5 nitrogen and oxygen atoms in total. The van der Waals surface area contributed by atoms with Gasteiger partial charge in [0.1, 0.15) is 18.2 Å². The van der Waals surface area contributed by atoms with E-state index in [4.69, 9.17) is 4.74 Å². The first kappa shape index (κ1) is 21.3. The third-order valence-corrected chi connectivity index (χ3v) is 6.43. The van der Waals surface area contributed by atoms with Gasteiger partial charge in [0.25, 0.3) is 0 Å². The number of hydrogen-bond donors (Lipinski definition) is 0. The average Bonchev–Trinajstić information content (AvgIpc) is 2.93. The van der Waals surface area contributed by atoms with Crippen LogP contribution in [0.3, 0.4) is 0 Å². The Bertz CT molecular complexity index is 952. The lowest BCUT2D eigenvalue weighted by Crippen LogP contribution is -2.42. The molecule has 0 spiro atoms. The summed E-state index contributed by atoms with van der Waals surface area (Å²) in [5.74, 6) is 1.09. The molecule has 0 aromatic heterocycles. The maximum atomic E-state index is 13.3. The zero-order valence-electron chi connectivity index (χ0n) is 18.1. The molecule has 2 aromatic rings. The number of rotatable bonds is 3. The van der Waals surface area contributed by atoms with Crippen molar-refractivity contribution in [3.05, 3.63) is 53.8 Å². The second kappa shape index (κ2) is 9.08. The second-order valence-corrected chi connectivity index (χ2v) is 8.66. The lowest BCUT2D eigenvalue weighted by Gasteiger charge is -2.33. The van der Waals surface area contributed by atoms with Crippen molar-refractivity contribution in [3.63, 3.8) is 0 Å². The van der Waals surface area contributed by atoms with Crippen LogP contribution in [0.1, 0.15) is 38.7 Å². The van der Waals surface area contributed by atoms with Crippen LogP contribution in [-0.4, -0.2) is 47.4 Å². The largest absolute Gasteiger partial charge is 0.491 e. The Kier molecular flexibility index (Phi) is 6.25. The van der Waals surface area contributed by atoms with Gasteiger partial charge in [0.15, 0.2) is 0 Å². The molecule has 1 fully saturated rings. The van der Waals surface area contributed by atoms with Crippen molar-refractivity contribution in [2.75, 3.05) is 19.7 Å². The topological polar surface area (TPSA) is 49.9 Å². The summed E-state index contributed by atoms with van der Waals surface area (Å²) in [6, 6.07) is 12.3. The van der Waals surface area contributed by atoms with E-state index in [0.29, 0.717) is 25.5 Å². The molecule has 6 heteroatoms. The fourth-order valence-electron chi connectivity index (χ4n) is 4.46. The molecule has 4 rings (SSSR count). The molecule has 2 amide bonds. The Labute approximate surface area is 182 Å². The van der Waals surface area contributed by atoms with Gasteiger partial charge in [-0.05, 0) is 61.1 Å². The normalized spacial score (nSPS) is 19.4. The minimum atomic E-state index is -0.262. The van der Waals surface area contributed by atoms with Crippen LogP contribution in [0.4, 0.5) is 4.39 Å². The second-order valence-electron chi connectivity index (χ2n) is 8.66. The van der Waals surface area contributed by atoms with Gasteiger partial charge in [-0.3, -0.25) is 9.59 Å². The van der Waals surface area contributed by atoms with Crippen LogP contribution in [0.2, 0.25) is 0 Å². The number of carbonyl (C=O) groups is 2. The Hall–Kier alpha value is -2.89. The maximum Gasteiger partial charge on any atom is 0.223 e. The predicted octanol–water partition coefficient (Wildman–Crippen LogP) is 4.25. The first-order valence-electron chi connectivity index (χ1n) is 11.0. The molecule has 1 atom stereocenters. The quantitative estimate of drug-likeness (QED) is 0.740. The first-order valence-corrected chi connectivity index (χ1v) is 11.0. The van der Waals surface area contributed by atoms with Crippen LogP contribution < -0.4 is 4.74 Å². The van der Waals surface area contributed by atoms with E-state index in [1.165, 1.54) is 12.1 Å². The van der Waals surface area contributed by atoms with Crippen molar-refractivity contribution in [2.24, 2.45) is 5.92 Å². The fourth-order valence-corrected chi connectivity index (χ4v) is 4.46. The number of likely N-dealkylation sites (tertiary alicyclic amines) is 1. The van der Waals surface area contributed by atoms with E-state index in [-0.39, 0.29) is 23.7 Å². The van der Waals surface area contributed by atoms with Gasteiger partial charge in [-0.15, -0.1) is 0 Å². The van der Waals surface area contributed by atoms with Crippen molar-refractivity contribution < 1.29 is 18.7 Å². The highest BCUT2D eigenvalue weighted by Crippen LogP contribution is 2.31. The number of nitrogens with zero attached hydrogens (tertiary/aromatic N) is 2. The van der Waals surface area contributed by atoms with Crippen molar-refractivity contribution >= 4 is 11.8 Å². The van der Waals surface area contributed by atoms with Crippen LogP contribution in [0.15, 0.2) is 42.5 Å². The fraction of sp³-hybridized carbons (Fsp3) is 0.440. The maximum absolute atomic E-state index is 13.3. The Morgan fingerprint density at radius 3 is 2.42 bits per heavy atom. The molecule has 0 saturated carbocycles. The number of halogens is 1. The molecule has 0 unspecified atom stereocenters. The van der Waals surface area contributed by atoms with E-state index in [0.717, 1.165) is 48.4 Å². The summed E-state index contributed by atoms with van der Waals surface area (Å²) in [6.07, 6.45) is 2.24. The van der Waals surface area contributed by atoms with Gasteiger partial charge in [-0.2, -0.15) is 0 Å². The summed E-state index contributed by atoms with van der Waals surface area (Å²) in [4.78, 5) is 28.5. The van der Waals surface area contributed by atoms with Gasteiger partial charge in [0, 0.05) is 38.5 Å². The summed E-state index contributed by atoms with van der Waals surface area (Å²) >= 11 is 0. The number of hydrogen-bond acceptors (Lipinski definition) is 3. The molecule has 2 aromatic carbocycles. The Morgan fingerprint density at radius 1 is 1.06 bits per heavy atom. The van der Waals surface area contributed by atoms with Crippen LogP contribution in [0, 0.1) is 11.7 Å². The molecule has 2 aliphatic heterocycles. The van der Waals surface area contributed by atoms with Crippen molar-refractivity contribution in [3.8, 4) is 16.9 Å². The molecular formula is C25H29FN2O3. The highest BCUT2D eigenvalue weighted by atomic mass is 19.1. The highest BCUT2D eigenvalue weighted by Gasteiger charge is 2.29. The molecule has 0 bridgehead atoms. The van der Waals surface area contributed by atoms with Gasteiger partial charge in [0.05, 0.1) is 6.04 Å². The van der Waals surface area contributed by atoms with E-state index in [9.17, 15) is 14.0 Å². The van der Waals surface area contributed by atoms with E-state index >= 15 is 0 Å². The lowest BCUT2D eigenvalue weighted by atomic mass is 9.92. The summed E-state index contributed by atoms with van der Waals surface area (Å²) in [5.41, 5.74) is 2.86. The number of benzene rings is 2. The summed E-state index contributed by atoms with van der Waals surface area (Å²) in [6.45, 7) is 6.03. The zero-order chi connectivity index (χ0) is 22.0. The number of fused-ring (bicyclic) bond motifs is 1. The Morgan fingerprint density at radius 2 is 1.74 bits per heavy atom. The van der Waals surface area contributed by atoms with Crippen molar-refractivity contribution in [1.82, 2.24) is 9.80 Å². The number of ether oxygens (including phenoxy) is 1. The summed E-state index contributed by atoms with van der Waals surface area (Å²) < 4.78 is 19.3. The molecular weight excluding hydrogens is 395 g/mol. The average molecular weight is 425 g/mol. The van der Waals surface area contributed by atoms with Gasteiger partial charge < -0.3 is 14.5 Å². The third kappa shape index (κ3) is 4.89. The standard InChI is InChI=1S/C25H29FN2O3/c1-17-16-31-24-8-5-21(20-3-6-23(26)7-4-20)14-22(24)15-28(17)25(30)13-19-9-11-27(12-10-19)18(2)29/h3-8,14,17,19H,9-13,15-16H2,1-2H3/t17-/m0/s1. The third-order valence-electron chi connectivity index (χ3n) is 6.43. The van der Waals surface area contributed by atoms with E-state index in [2.05, 4.69) is 0 Å². The van der Waals surface area contributed by atoms with Crippen LogP contribution >= 0.6 is 0 Å². The van der Waals surface area contributed by atoms with Crippen LogP contribution in [0.5, 0.6) is 5.75 Å². The van der Waals surface area contributed by atoms with Gasteiger partial charge in [-0.25, -0.2) is 4.39 Å². The minimum Gasteiger partial charge on any atom is -0.491 e. The van der Waals surface area contributed by atoms with Gasteiger partial charge in [-0.1, -0.05) is 18.2 Å². The molecule has 31 heavy (non-hydrogen) atoms. The number of carbonyl (C=O) groups excluding carboxylic acids is 2. The molecule has 2 heterocycles. The van der Waals surface area contributed by atoms with E-state index in [1.54, 1.807) is 19.1 Å². The van der Waals surface area contributed by atoms with E-state index < -0.39 is 0 Å². The lowest BCUT2D eigenvalue weighted by molar-refractivity contribution is -0.136. The Balaban J connectivity index is 1.47. The zero-order valence-corrected chi connectivity index (χ0v) is 18.1. The van der Waals surface area contributed by atoms with Crippen LogP contribution in [-0.2, 0) is 16.1 Å². The van der Waals surface area contributed by atoms with Crippen molar-refractivity contribution in [1.29, 1.82) is 0 Å². The monoisotopic (exact) mass is 424 g/mol. The number of amides is 2. The molecule has 1 saturated heterocycles. The van der Waals surface area contributed by atoms with Crippen molar-refractivity contribution in [2.45, 2.75) is 45.7 Å². The van der Waals surface area contributed by atoms with Gasteiger partial charge in [0.2, 0.25) is 11.8 Å². The smallest absolute Gasteiger partial charge is 0.223 e.